The number of hydrogen-bond donors (Lipinski definition) is 1. The van der Waals surface area contributed by atoms with Gasteiger partial charge in [0.05, 0.1) is 10.6 Å². The molecular formula is C20H22N4O4. The van der Waals surface area contributed by atoms with Crippen LogP contribution < -0.4 is 4.90 Å². The second kappa shape index (κ2) is 8.51. The molecule has 0 spiro atoms. The van der Waals surface area contributed by atoms with Crippen molar-refractivity contribution in [1.29, 1.82) is 0 Å². The normalized spacial score (nSPS) is 14.5. The molecule has 1 saturated heterocycles. The zero-order chi connectivity index (χ0) is 20.1. The molecule has 0 unspecified atom stereocenters. The van der Waals surface area contributed by atoms with Gasteiger partial charge < -0.3 is 14.9 Å². The van der Waals surface area contributed by atoms with Gasteiger partial charge in [-0.3, -0.25) is 19.9 Å². The van der Waals surface area contributed by atoms with Crippen molar-refractivity contribution in [2.45, 2.75) is 13.3 Å². The highest BCUT2D eigenvalue weighted by Gasteiger charge is 2.20. The molecule has 0 radical (unpaired) electrons. The zero-order valence-electron chi connectivity index (χ0n) is 15.6. The number of phenolic OH excluding ortho intramolecular Hbond substituents is 1. The summed E-state index contributed by atoms with van der Waals surface area (Å²) in [6.07, 6.45) is 1.94. The number of amides is 1. The number of carbonyl (C=O) groups excluding carboxylic acids is 1. The number of carbonyl (C=O) groups is 1. The first-order chi connectivity index (χ1) is 13.5. The predicted molar refractivity (Wildman–Crippen MR) is 108 cm³/mol. The topological polar surface area (TPSA) is 99.3 Å². The van der Waals surface area contributed by atoms with Crippen molar-refractivity contribution in [2.24, 2.45) is 4.99 Å². The number of nitro groups is 1. The van der Waals surface area contributed by atoms with Crippen molar-refractivity contribution < 1.29 is 14.8 Å². The third-order valence-corrected chi connectivity index (χ3v) is 4.75. The maximum Gasteiger partial charge on any atom is 0.311 e. The van der Waals surface area contributed by atoms with Crippen LogP contribution in [0.2, 0.25) is 0 Å². The predicted octanol–water partition coefficient (Wildman–Crippen LogP) is 3.11. The van der Waals surface area contributed by atoms with Crippen LogP contribution in [0.1, 0.15) is 18.9 Å². The van der Waals surface area contributed by atoms with Gasteiger partial charge in [-0.2, -0.15) is 0 Å². The van der Waals surface area contributed by atoms with E-state index in [0.29, 0.717) is 12.1 Å². The van der Waals surface area contributed by atoms with Gasteiger partial charge in [-0.15, -0.1) is 0 Å². The van der Waals surface area contributed by atoms with Crippen LogP contribution in [0, 0.1) is 10.1 Å². The second-order valence-corrected chi connectivity index (χ2v) is 6.47. The molecule has 0 atom stereocenters. The number of piperazine rings is 1. The molecule has 146 valence electrons. The first-order valence-electron chi connectivity index (χ1n) is 9.13. The van der Waals surface area contributed by atoms with Gasteiger partial charge in [0.15, 0.2) is 0 Å². The summed E-state index contributed by atoms with van der Waals surface area (Å²) in [4.78, 5) is 30.4. The number of rotatable bonds is 5. The van der Waals surface area contributed by atoms with Crippen LogP contribution >= 0.6 is 0 Å². The summed E-state index contributed by atoms with van der Waals surface area (Å²) in [5, 5.41) is 20.8. The molecule has 1 aliphatic heterocycles. The highest BCUT2D eigenvalue weighted by Crippen LogP contribution is 2.28. The Morgan fingerprint density at radius 1 is 1.18 bits per heavy atom. The molecule has 0 bridgehead atoms. The lowest BCUT2D eigenvalue weighted by atomic mass is 10.2. The summed E-state index contributed by atoms with van der Waals surface area (Å²) in [7, 11) is 0. The standard InChI is InChI=1S/C20H22N4O4/c1-2-19(25)23-12-10-22(11-13-23)17-8-6-16(7-9-17)21-14-15-4-3-5-18(20(15)26)24(27)28/h3-9,14,26H,2,10-13H2,1H3. The van der Waals surface area contributed by atoms with E-state index in [4.69, 9.17) is 0 Å². The maximum absolute atomic E-state index is 11.8. The molecule has 8 heteroatoms. The number of nitrogens with zero attached hydrogens (tertiary/aromatic N) is 4. The number of aliphatic imine (C=N–C) groups is 1. The number of benzene rings is 2. The van der Waals surface area contributed by atoms with E-state index >= 15 is 0 Å². The van der Waals surface area contributed by atoms with Gasteiger partial charge in [0.2, 0.25) is 11.7 Å². The van der Waals surface area contributed by atoms with Crippen molar-refractivity contribution in [3.05, 3.63) is 58.1 Å². The molecule has 1 heterocycles. The van der Waals surface area contributed by atoms with E-state index in [0.717, 1.165) is 31.9 Å². The minimum absolute atomic E-state index is 0.189. The summed E-state index contributed by atoms with van der Waals surface area (Å²) < 4.78 is 0. The van der Waals surface area contributed by atoms with E-state index in [1.54, 1.807) is 6.07 Å². The first kappa shape index (κ1) is 19.3. The lowest BCUT2D eigenvalue weighted by Crippen LogP contribution is -2.48. The molecule has 0 saturated carbocycles. The highest BCUT2D eigenvalue weighted by molar-refractivity contribution is 5.87. The largest absolute Gasteiger partial charge is 0.502 e. The van der Waals surface area contributed by atoms with E-state index < -0.39 is 10.7 Å². The van der Waals surface area contributed by atoms with Crippen molar-refractivity contribution in [3.8, 4) is 5.75 Å². The quantitative estimate of drug-likeness (QED) is 0.487. The van der Waals surface area contributed by atoms with Gasteiger partial charge in [-0.25, -0.2) is 0 Å². The minimum Gasteiger partial charge on any atom is -0.502 e. The number of nitro benzene ring substituents is 1. The van der Waals surface area contributed by atoms with Gasteiger partial charge >= 0.3 is 5.69 Å². The molecule has 0 aromatic heterocycles. The summed E-state index contributed by atoms with van der Waals surface area (Å²) in [6.45, 7) is 4.89. The Bertz CT molecular complexity index is 888. The third-order valence-electron chi connectivity index (χ3n) is 4.75. The van der Waals surface area contributed by atoms with Crippen LogP contribution in [0.25, 0.3) is 0 Å². The van der Waals surface area contributed by atoms with E-state index in [9.17, 15) is 20.0 Å². The Hall–Kier alpha value is -3.42. The van der Waals surface area contributed by atoms with E-state index in [1.807, 2.05) is 36.1 Å². The van der Waals surface area contributed by atoms with Crippen LogP contribution in [-0.2, 0) is 4.79 Å². The monoisotopic (exact) mass is 382 g/mol. The molecule has 1 amide bonds. The fraction of sp³-hybridized carbons (Fsp3) is 0.300. The Morgan fingerprint density at radius 3 is 2.46 bits per heavy atom. The lowest BCUT2D eigenvalue weighted by molar-refractivity contribution is -0.385. The maximum atomic E-state index is 11.8. The highest BCUT2D eigenvalue weighted by atomic mass is 16.6. The smallest absolute Gasteiger partial charge is 0.311 e. The molecule has 8 nitrogen and oxygen atoms in total. The molecule has 28 heavy (non-hydrogen) atoms. The van der Waals surface area contributed by atoms with Gasteiger partial charge in [0.25, 0.3) is 0 Å². The summed E-state index contributed by atoms with van der Waals surface area (Å²) in [5.74, 6) is -0.207. The van der Waals surface area contributed by atoms with Gasteiger partial charge in [0.1, 0.15) is 0 Å². The number of phenols is 1. The van der Waals surface area contributed by atoms with E-state index in [1.165, 1.54) is 18.3 Å². The summed E-state index contributed by atoms with van der Waals surface area (Å²) >= 11 is 0. The van der Waals surface area contributed by atoms with Crippen molar-refractivity contribution in [1.82, 2.24) is 4.90 Å². The molecule has 1 fully saturated rings. The number of aromatic hydroxyl groups is 1. The Balaban J connectivity index is 1.66. The average molecular weight is 382 g/mol. The van der Waals surface area contributed by atoms with Crippen molar-refractivity contribution >= 4 is 29.2 Å². The first-order valence-corrected chi connectivity index (χ1v) is 9.13. The second-order valence-electron chi connectivity index (χ2n) is 6.47. The van der Waals surface area contributed by atoms with Crippen LogP contribution in [0.3, 0.4) is 0 Å². The Kier molecular flexibility index (Phi) is 5.88. The molecule has 1 aliphatic rings. The molecule has 0 aliphatic carbocycles. The van der Waals surface area contributed by atoms with Crippen LogP contribution in [0.4, 0.5) is 17.1 Å². The van der Waals surface area contributed by atoms with Gasteiger partial charge in [0, 0.05) is 56.1 Å². The summed E-state index contributed by atoms with van der Waals surface area (Å²) in [5.41, 5.74) is 1.67. The minimum atomic E-state index is -0.630. The zero-order valence-corrected chi connectivity index (χ0v) is 15.6. The molecule has 2 aromatic carbocycles. The number of hydrogen-bond acceptors (Lipinski definition) is 6. The van der Waals surface area contributed by atoms with Crippen molar-refractivity contribution in [2.75, 3.05) is 31.1 Å². The lowest BCUT2D eigenvalue weighted by Gasteiger charge is -2.36. The van der Waals surface area contributed by atoms with Crippen molar-refractivity contribution in [3.63, 3.8) is 0 Å². The van der Waals surface area contributed by atoms with Gasteiger partial charge in [-0.1, -0.05) is 13.0 Å². The number of para-hydroxylation sites is 1. The fourth-order valence-corrected chi connectivity index (χ4v) is 3.13. The number of anilines is 1. The van der Waals surface area contributed by atoms with Crippen LogP contribution in [0.5, 0.6) is 5.75 Å². The van der Waals surface area contributed by atoms with Gasteiger partial charge in [-0.05, 0) is 30.3 Å². The van der Waals surface area contributed by atoms with Crippen LogP contribution in [0.15, 0.2) is 47.5 Å². The molecule has 1 N–H and O–H groups in total. The Labute approximate surface area is 162 Å². The fourth-order valence-electron chi connectivity index (χ4n) is 3.13. The Morgan fingerprint density at radius 2 is 1.86 bits per heavy atom. The third kappa shape index (κ3) is 4.28. The van der Waals surface area contributed by atoms with E-state index in [2.05, 4.69) is 9.89 Å². The average Bonchev–Trinajstić information content (AvgIpc) is 2.72. The SMILES string of the molecule is CCC(=O)N1CCN(c2ccc(N=Cc3cccc([N+](=O)[O-])c3O)cc2)CC1. The molecule has 3 rings (SSSR count). The molecular weight excluding hydrogens is 360 g/mol. The van der Waals surface area contributed by atoms with E-state index in [-0.39, 0.29) is 17.2 Å². The molecule has 2 aromatic rings. The summed E-state index contributed by atoms with van der Waals surface area (Å²) in [6, 6.07) is 11.9. The van der Waals surface area contributed by atoms with Crippen LogP contribution in [-0.4, -0.2) is 53.2 Å².